The average Bonchev–Trinajstić information content (AvgIpc) is 2.76. The number of ketones is 1. The summed E-state index contributed by atoms with van der Waals surface area (Å²) >= 11 is 0. The van der Waals surface area contributed by atoms with Crippen LogP contribution in [0, 0.1) is 5.92 Å². The van der Waals surface area contributed by atoms with Gasteiger partial charge in [-0.15, -0.1) is 0 Å². The van der Waals surface area contributed by atoms with Crippen molar-refractivity contribution < 1.29 is 19.1 Å². The van der Waals surface area contributed by atoms with E-state index in [1.807, 2.05) is 0 Å². The Labute approximate surface area is 99.9 Å². The summed E-state index contributed by atoms with van der Waals surface area (Å²) in [4.78, 5) is 33.7. The molecule has 0 saturated carbocycles. The topological polar surface area (TPSA) is 98.5 Å². The van der Waals surface area contributed by atoms with Crippen LogP contribution in [0.15, 0.2) is 0 Å². The molecule has 17 heavy (non-hydrogen) atoms. The predicted octanol–water partition coefficient (Wildman–Crippen LogP) is -0.638. The molecule has 6 heteroatoms. The van der Waals surface area contributed by atoms with Crippen LogP contribution < -0.4 is 11.1 Å². The second-order valence-corrected chi connectivity index (χ2v) is 4.26. The van der Waals surface area contributed by atoms with Crippen LogP contribution in [0.4, 0.5) is 0 Å². The van der Waals surface area contributed by atoms with Crippen molar-refractivity contribution in [3.63, 3.8) is 0 Å². The van der Waals surface area contributed by atoms with Gasteiger partial charge < -0.3 is 20.6 Å². The highest BCUT2D eigenvalue weighted by atomic mass is 16.5. The Morgan fingerprint density at radius 3 is 2.65 bits per heavy atom. The zero-order valence-electron chi connectivity index (χ0n) is 9.90. The van der Waals surface area contributed by atoms with Crippen LogP contribution in [0.1, 0.15) is 26.2 Å². The number of hydrogen-bond donors (Lipinski definition) is 2. The Balaban J connectivity index is 2.44. The smallest absolute Gasteiger partial charge is 0.240 e. The van der Waals surface area contributed by atoms with E-state index in [9.17, 15) is 14.4 Å². The van der Waals surface area contributed by atoms with Crippen LogP contribution in [0.5, 0.6) is 0 Å². The molecule has 1 aliphatic heterocycles. The maximum Gasteiger partial charge on any atom is 0.240 e. The lowest BCUT2D eigenvalue weighted by Crippen LogP contribution is -2.46. The van der Waals surface area contributed by atoms with Crippen LogP contribution in [0.25, 0.3) is 0 Å². The summed E-state index contributed by atoms with van der Waals surface area (Å²) in [5, 5.41) is 2.57. The van der Waals surface area contributed by atoms with Crippen molar-refractivity contribution in [3.05, 3.63) is 0 Å². The average molecular weight is 242 g/mol. The number of nitrogens with two attached hydrogens (primary N) is 1. The number of ether oxygens (including phenoxy) is 1. The third kappa shape index (κ3) is 4.52. The zero-order chi connectivity index (χ0) is 12.8. The number of Topliss-reactive ketones (excluding diaryl/α,β-unsaturated/α-hetero) is 1. The summed E-state index contributed by atoms with van der Waals surface area (Å²) in [5.41, 5.74) is 5.17. The first-order valence-corrected chi connectivity index (χ1v) is 5.67. The Kier molecular flexibility index (Phi) is 5.09. The van der Waals surface area contributed by atoms with Crippen LogP contribution in [-0.2, 0) is 19.1 Å². The Bertz CT molecular complexity index is 311. The van der Waals surface area contributed by atoms with Gasteiger partial charge >= 0.3 is 0 Å². The zero-order valence-corrected chi connectivity index (χ0v) is 9.90. The number of amides is 2. The first kappa shape index (κ1) is 13.6. The standard InChI is InChI=1S/C11H18N2O4/c1-7(14)2-3-9(10(12)15)13-11(16)8-4-5-17-6-8/h8-9H,2-6H2,1H3,(H2,12,15)(H,13,16)/t8-,9-/m1/s1. The van der Waals surface area contributed by atoms with Crippen LogP contribution in [0.2, 0.25) is 0 Å². The van der Waals surface area contributed by atoms with Crippen molar-refractivity contribution in [1.82, 2.24) is 5.32 Å². The number of carbonyl (C=O) groups is 3. The maximum absolute atomic E-state index is 11.7. The molecule has 0 aromatic rings. The van der Waals surface area contributed by atoms with Gasteiger partial charge in [-0.1, -0.05) is 0 Å². The molecule has 2 atom stereocenters. The molecule has 1 heterocycles. The predicted molar refractivity (Wildman–Crippen MR) is 60.0 cm³/mol. The SMILES string of the molecule is CC(=O)CC[C@@H](NC(=O)[C@@H]1CCOC1)C(N)=O. The molecule has 0 radical (unpaired) electrons. The second kappa shape index (κ2) is 6.34. The van der Waals surface area contributed by atoms with Crippen molar-refractivity contribution in [3.8, 4) is 0 Å². The van der Waals surface area contributed by atoms with Crippen molar-refractivity contribution in [2.75, 3.05) is 13.2 Å². The summed E-state index contributed by atoms with van der Waals surface area (Å²) in [6.07, 6.45) is 1.14. The van der Waals surface area contributed by atoms with Gasteiger partial charge in [-0.3, -0.25) is 9.59 Å². The lowest BCUT2D eigenvalue weighted by molar-refractivity contribution is -0.130. The fraction of sp³-hybridized carbons (Fsp3) is 0.727. The first-order chi connectivity index (χ1) is 8.00. The van der Waals surface area contributed by atoms with E-state index in [-0.39, 0.29) is 30.4 Å². The molecule has 1 aliphatic rings. The van der Waals surface area contributed by atoms with E-state index in [0.29, 0.717) is 19.6 Å². The first-order valence-electron chi connectivity index (χ1n) is 5.67. The largest absolute Gasteiger partial charge is 0.381 e. The number of nitrogens with one attached hydrogen (secondary N) is 1. The highest BCUT2D eigenvalue weighted by molar-refractivity contribution is 5.88. The summed E-state index contributed by atoms with van der Waals surface area (Å²) in [6.45, 7) is 2.38. The van der Waals surface area contributed by atoms with Gasteiger partial charge in [0.25, 0.3) is 0 Å². The van der Waals surface area contributed by atoms with E-state index in [2.05, 4.69) is 5.32 Å². The van der Waals surface area contributed by atoms with Crippen molar-refractivity contribution >= 4 is 17.6 Å². The van der Waals surface area contributed by atoms with Gasteiger partial charge in [0.15, 0.2) is 0 Å². The number of hydrogen-bond acceptors (Lipinski definition) is 4. The number of rotatable bonds is 6. The quantitative estimate of drug-likeness (QED) is 0.647. The molecule has 3 N–H and O–H groups in total. The monoisotopic (exact) mass is 242 g/mol. The van der Waals surface area contributed by atoms with Gasteiger partial charge in [-0.2, -0.15) is 0 Å². The van der Waals surface area contributed by atoms with Crippen LogP contribution in [-0.4, -0.2) is 36.9 Å². The van der Waals surface area contributed by atoms with E-state index in [1.165, 1.54) is 6.92 Å². The molecule has 0 bridgehead atoms. The van der Waals surface area contributed by atoms with Gasteiger partial charge in [-0.05, 0) is 19.8 Å². The van der Waals surface area contributed by atoms with Crippen LogP contribution in [0.3, 0.4) is 0 Å². The lowest BCUT2D eigenvalue weighted by atomic mass is 10.1. The molecular formula is C11H18N2O4. The highest BCUT2D eigenvalue weighted by Gasteiger charge is 2.27. The minimum Gasteiger partial charge on any atom is -0.381 e. The molecule has 0 unspecified atom stereocenters. The van der Waals surface area contributed by atoms with Gasteiger partial charge in [0.1, 0.15) is 11.8 Å². The van der Waals surface area contributed by atoms with Crippen molar-refractivity contribution in [1.29, 1.82) is 0 Å². The molecule has 1 saturated heterocycles. The van der Waals surface area contributed by atoms with Gasteiger partial charge in [-0.25, -0.2) is 0 Å². The summed E-state index contributed by atoms with van der Waals surface area (Å²) < 4.78 is 5.09. The third-order valence-corrected chi connectivity index (χ3v) is 2.75. The fourth-order valence-corrected chi connectivity index (χ4v) is 1.66. The molecule has 0 aromatic heterocycles. The molecule has 96 valence electrons. The normalized spacial score (nSPS) is 20.9. The molecule has 2 amide bonds. The molecule has 6 nitrogen and oxygen atoms in total. The molecule has 1 rings (SSSR count). The number of primary amides is 1. The van der Waals surface area contributed by atoms with Crippen molar-refractivity contribution in [2.45, 2.75) is 32.2 Å². The van der Waals surface area contributed by atoms with E-state index >= 15 is 0 Å². The van der Waals surface area contributed by atoms with E-state index in [1.54, 1.807) is 0 Å². The second-order valence-electron chi connectivity index (χ2n) is 4.26. The molecule has 0 spiro atoms. The molecule has 1 fully saturated rings. The summed E-state index contributed by atoms with van der Waals surface area (Å²) in [6, 6.07) is -0.771. The lowest BCUT2D eigenvalue weighted by Gasteiger charge is -2.16. The van der Waals surface area contributed by atoms with E-state index in [0.717, 1.165) is 0 Å². The fourth-order valence-electron chi connectivity index (χ4n) is 1.66. The minimum absolute atomic E-state index is 0.0327. The summed E-state index contributed by atoms with van der Waals surface area (Å²) in [7, 11) is 0. The Morgan fingerprint density at radius 1 is 1.47 bits per heavy atom. The molecule has 0 aromatic carbocycles. The maximum atomic E-state index is 11.7. The van der Waals surface area contributed by atoms with Gasteiger partial charge in [0.05, 0.1) is 12.5 Å². The summed E-state index contributed by atoms with van der Waals surface area (Å²) in [5.74, 6) is -1.09. The van der Waals surface area contributed by atoms with Gasteiger partial charge in [0.2, 0.25) is 11.8 Å². The molecular weight excluding hydrogens is 224 g/mol. The highest BCUT2D eigenvalue weighted by Crippen LogP contribution is 2.12. The van der Waals surface area contributed by atoms with E-state index in [4.69, 9.17) is 10.5 Å². The van der Waals surface area contributed by atoms with Crippen molar-refractivity contribution in [2.24, 2.45) is 11.7 Å². The van der Waals surface area contributed by atoms with Gasteiger partial charge in [0, 0.05) is 13.0 Å². The molecule has 0 aliphatic carbocycles. The Morgan fingerprint density at radius 2 is 2.18 bits per heavy atom. The minimum atomic E-state index is -0.771. The Hall–Kier alpha value is -1.43. The van der Waals surface area contributed by atoms with Crippen LogP contribution >= 0.6 is 0 Å². The third-order valence-electron chi connectivity index (χ3n) is 2.75. The number of carbonyl (C=O) groups excluding carboxylic acids is 3. The van der Waals surface area contributed by atoms with E-state index < -0.39 is 11.9 Å².